The third-order valence-corrected chi connectivity index (χ3v) is 4.97. The summed E-state index contributed by atoms with van der Waals surface area (Å²) in [6.45, 7) is 4.40. The SMILES string of the molecule is CCC(NC(C)Cc1cccs1)c1ccc(Cl)c(Cl)c1. The minimum atomic E-state index is 0.305. The normalized spacial score (nSPS) is 14.2. The summed E-state index contributed by atoms with van der Waals surface area (Å²) in [4.78, 5) is 1.41. The second-order valence-electron chi connectivity index (χ2n) is 4.99. The molecule has 108 valence electrons. The quantitative estimate of drug-likeness (QED) is 0.714. The van der Waals surface area contributed by atoms with Crippen LogP contribution in [0.2, 0.25) is 10.0 Å². The van der Waals surface area contributed by atoms with Gasteiger partial charge in [0.05, 0.1) is 10.0 Å². The van der Waals surface area contributed by atoms with Crippen molar-refractivity contribution < 1.29 is 0 Å². The predicted molar refractivity (Wildman–Crippen MR) is 90.1 cm³/mol. The zero-order chi connectivity index (χ0) is 14.5. The van der Waals surface area contributed by atoms with Gasteiger partial charge in [0.15, 0.2) is 0 Å². The Morgan fingerprint density at radius 3 is 2.60 bits per heavy atom. The van der Waals surface area contributed by atoms with Gasteiger partial charge in [0.25, 0.3) is 0 Å². The molecule has 0 bridgehead atoms. The number of benzene rings is 1. The van der Waals surface area contributed by atoms with Crippen LogP contribution < -0.4 is 5.32 Å². The van der Waals surface area contributed by atoms with Crippen LogP contribution in [0.1, 0.15) is 36.8 Å². The van der Waals surface area contributed by atoms with Gasteiger partial charge in [-0.15, -0.1) is 11.3 Å². The minimum absolute atomic E-state index is 0.305. The van der Waals surface area contributed by atoms with Gasteiger partial charge >= 0.3 is 0 Å². The van der Waals surface area contributed by atoms with Crippen LogP contribution in [0.25, 0.3) is 0 Å². The lowest BCUT2D eigenvalue weighted by molar-refractivity contribution is 0.445. The fourth-order valence-electron chi connectivity index (χ4n) is 2.31. The first-order valence-corrected chi connectivity index (χ1v) is 8.47. The molecule has 0 saturated carbocycles. The minimum Gasteiger partial charge on any atom is -0.307 e. The van der Waals surface area contributed by atoms with Crippen LogP contribution in [0.5, 0.6) is 0 Å². The molecule has 0 aliphatic carbocycles. The molecule has 4 heteroatoms. The van der Waals surface area contributed by atoms with Crippen LogP contribution >= 0.6 is 34.5 Å². The lowest BCUT2D eigenvalue weighted by atomic mass is 10.0. The standard InChI is InChI=1S/C16H19Cl2NS/c1-3-16(12-6-7-14(17)15(18)10-12)19-11(2)9-13-5-4-8-20-13/h4-8,10-11,16,19H,3,9H2,1-2H3. The van der Waals surface area contributed by atoms with E-state index in [1.807, 2.05) is 29.5 Å². The van der Waals surface area contributed by atoms with E-state index in [-0.39, 0.29) is 0 Å². The van der Waals surface area contributed by atoms with Gasteiger partial charge < -0.3 is 5.32 Å². The Bertz CT molecular complexity index is 539. The third-order valence-electron chi connectivity index (χ3n) is 3.33. The van der Waals surface area contributed by atoms with Crippen molar-refractivity contribution in [1.29, 1.82) is 0 Å². The summed E-state index contributed by atoms with van der Waals surface area (Å²) in [5.41, 5.74) is 1.19. The molecule has 2 atom stereocenters. The van der Waals surface area contributed by atoms with E-state index in [1.54, 1.807) is 0 Å². The molecule has 0 spiro atoms. The van der Waals surface area contributed by atoms with Gasteiger partial charge in [0.2, 0.25) is 0 Å². The highest BCUT2D eigenvalue weighted by atomic mass is 35.5. The molecule has 0 aliphatic heterocycles. The maximum Gasteiger partial charge on any atom is 0.0595 e. The smallest absolute Gasteiger partial charge is 0.0595 e. The number of rotatable bonds is 6. The van der Waals surface area contributed by atoms with Crippen LogP contribution in [-0.4, -0.2) is 6.04 Å². The van der Waals surface area contributed by atoms with E-state index < -0.39 is 0 Å². The number of hydrogen-bond donors (Lipinski definition) is 1. The third kappa shape index (κ3) is 4.23. The van der Waals surface area contributed by atoms with Gasteiger partial charge in [-0.05, 0) is 48.9 Å². The largest absolute Gasteiger partial charge is 0.307 e. The molecule has 20 heavy (non-hydrogen) atoms. The van der Waals surface area contributed by atoms with Gasteiger partial charge in [-0.25, -0.2) is 0 Å². The molecular formula is C16H19Cl2NS. The van der Waals surface area contributed by atoms with Gasteiger partial charge in [-0.1, -0.05) is 42.3 Å². The summed E-state index contributed by atoms with van der Waals surface area (Å²) < 4.78 is 0. The van der Waals surface area contributed by atoms with E-state index in [2.05, 4.69) is 36.7 Å². The molecule has 1 N–H and O–H groups in total. The van der Waals surface area contributed by atoms with E-state index in [4.69, 9.17) is 23.2 Å². The molecule has 0 amide bonds. The second kappa shape index (κ2) is 7.46. The van der Waals surface area contributed by atoms with Crippen LogP contribution in [0.15, 0.2) is 35.7 Å². The zero-order valence-electron chi connectivity index (χ0n) is 11.7. The summed E-state index contributed by atoms with van der Waals surface area (Å²) in [7, 11) is 0. The molecule has 0 aliphatic rings. The molecule has 0 fully saturated rings. The zero-order valence-corrected chi connectivity index (χ0v) is 14.0. The Morgan fingerprint density at radius 2 is 2.00 bits per heavy atom. The lowest BCUT2D eigenvalue weighted by Crippen LogP contribution is -2.31. The van der Waals surface area contributed by atoms with E-state index >= 15 is 0 Å². The fraction of sp³-hybridized carbons (Fsp3) is 0.375. The van der Waals surface area contributed by atoms with Crippen LogP contribution in [0.4, 0.5) is 0 Å². The van der Waals surface area contributed by atoms with E-state index in [1.165, 1.54) is 10.4 Å². The van der Waals surface area contributed by atoms with Crippen molar-refractivity contribution in [2.45, 2.75) is 38.8 Å². The molecule has 0 saturated heterocycles. The molecule has 2 aromatic rings. The Morgan fingerprint density at radius 1 is 1.20 bits per heavy atom. The molecule has 1 aromatic heterocycles. The van der Waals surface area contributed by atoms with Crippen molar-refractivity contribution in [1.82, 2.24) is 5.32 Å². The number of thiophene rings is 1. The van der Waals surface area contributed by atoms with E-state index in [9.17, 15) is 0 Å². The number of halogens is 2. The topological polar surface area (TPSA) is 12.0 Å². The van der Waals surface area contributed by atoms with Gasteiger partial charge in [-0.2, -0.15) is 0 Å². The summed E-state index contributed by atoms with van der Waals surface area (Å²) in [5, 5.41) is 7.03. The summed E-state index contributed by atoms with van der Waals surface area (Å²) >= 11 is 13.9. The van der Waals surface area contributed by atoms with E-state index in [0.29, 0.717) is 22.1 Å². The molecule has 2 rings (SSSR count). The highest BCUT2D eigenvalue weighted by Gasteiger charge is 2.14. The Balaban J connectivity index is 2.02. The van der Waals surface area contributed by atoms with Crippen molar-refractivity contribution in [2.24, 2.45) is 0 Å². The van der Waals surface area contributed by atoms with Crippen molar-refractivity contribution >= 4 is 34.5 Å². The summed E-state index contributed by atoms with van der Waals surface area (Å²) in [6, 6.07) is 10.9. The Kier molecular flexibility index (Phi) is 5.91. The predicted octanol–water partition coefficient (Wildman–Crippen LogP) is 5.73. The molecule has 1 heterocycles. The van der Waals surface area contributed by atoms with Crippen LogP contribution in [0.3, 0.4) is 0 Å². The molecular weight excluding hydrogens is 309 g/mol. The van der Waals surface area contributed by atoms with Gasteiger partial charge in [0.1, 0.15) is 0 Å². The van der Waals surface area contributed by atoms with Gasteiger partial charge in [0, 0.05) is 17.0 Å². The maximum absolute atomic E-state index is 6.11. The molecule has 1 nitrogen and oxygen atoms in total. The van der Waals surface area contributed by atoms with Crippen molar-refractivity contribution in [2.75, 3.05) is 0 Å². The maximum atomic E-state index is 6.11. The summed E-state index contributed by atoms with van der Waals surface area (Å²) in [5.74, 6) is 0. The first-order chi connectivity index (χ1) is 9.60. The average molecular weight is 328 g/mol. The van der Waals surface area contributed by atoms with E-state index in [0.717, 1.165) is 12.8 Å². The number of hydrogen-bond acceptors (Lipinski definition) is 2. The first kappa shape index (κ1) is 15.8. The summed E-state index contributed by atoms with van der Waals surface area (Å²) in [6.07, 6.45) is 2.07. The van der Waals surface area contributed by atoms with Crippen molar-refractivity contribution in [3.8, 4) is 0 Å². The van der Waals surface area contributed by atoms with Crippen LogP contribution in [-0.2, 0) is 6.42 Å². The molecule has 2 unspecified atom stereocenters. The highest BCUT2D eigenvalue weighted by molar-refractivity contribution is 7.09. The first-order valence-electron chi connectivity index (χ1n) is 6.83. The lowest BCUT2D eigenvalue weighted by Gasteiger charge is -2.23. The highest BCUT2D eigenvalue weighted by Crippen LogP contribution is 2.27. The molecule has 0 radical (unpaired) electrons. The van der Waals surface area contributed by atoms with Gasteiger partial charge in [-0.3, -0.25) is 0 Å². The fourth-order valence-corrected chi connectivity index (χ4v) is 3.45. The monoisotopic (exact) mass is 327 g/mol. The average Bonchev–Trinajstić information content (AvgIpc) is 2.92. The Labute approximate surface area is 134 Å². The second-order valence-corrected chi connectivity index (χ2v) is 6.83. The molecule has 1 aromatic carbocycles. The van der Waals surface area contributed by atoms with Crippen LogP contribution in [0, 0.1) is 0 Å². The van der Waals surface area contributed by atoms with Crippen molar-refractivity contribution in [3.05, 3.63) is 56.2 Å². The Hall–Kier alpha value is -0.540. The van der Waals surface area contributed by atoms with Crippen molar-refractivity contribution in [3.63, 3.8) is 0 Å². The number of nitrogens with one attached hydrogen (secondary N) is 1.